The first-order valence-electron chi connectivity index (χ1n) is 6.32. The number of aromatic nitrogens is 1. The number of nitrogens with one attached hydrogen (secondary N) is 1. The fraction of sp³-hybridized carbons (Fsp3) is 0.615. The minimum atomic E-state index is -4.28. The van der Waals surface area contributed by atoms with Crippen LogP contribution in [0, 0.1) is 5.92 Å². The lowest BCUT2D eigenvalue weighted by Gasteiger charge is -2.21. The Morgan fingerprint density at radius 2 is 2.05 bits per heavy atom. The van der Waals surface area contributed by atoms with Crippen molar-refractivity contribution in [1.82, 2.24) is 10.3 Å². The van der Waals surface area contributed by atoms with Gasteiger partial charge in [-0.3, -0.25) is 0 Å². The highest BCUT2D eigenvalue weighted by atomic mass is 35.5. The molecule has 0 aliphatic carbocycles. The van der Waals surface area contributed by atoms with Crippen molar-refractivity contribution in [3.63, 3.8) is 0 Å². The summed E-state index contributed by atoms with van der Waals surface area (Å²) in [7, 11) is 1.32. The number of halogens is 4. The van der Waals surface area contributed by atoms with Gasteiger partial charge in [0.25, 0.3) is 0 Å². The van der Waals surface area contributed by atoms with E-state index in [0.29, 0.717) is 12.5 Å². The SMILES string of the molecule is CC(C)CNCc1cnc(N(C)CC(F)(F)F)c(Cl)c1. The Labute approximate surface area is 122 Å². The fourth-order valence-electron chi connectivity index (χ4n) is 1.70. The summed E-state index contributed by atoms with van der Waals surface area (Å²) in [5.74, 6) is 0.659. The van der Waals surface area contributed by atoms with Crippen LogP contribution in [0.25, 0.3) is 0 Å². The zero-order valence-electron chi connectivity index (χ0n) is 11.8. The van der Waals surface area contributed by atoms with Gasteiger partial charge in [-0.2, -0.15) is 13.2 Å². The number of rotatable bonds is 6. The van der Waals surface area contributed by atoms with Crippen LogP contribution in [0.15, 0.2) is 12.3 Å². The monoisotopic (exact) mass is 309 g/mol. The average Bonchev–Trinajstić information content (AvgIpc) is 2.25. The van der Waals surface area contributed by atoms with Crippen molar-refractivity contribution in [2.45, 2.75) is 26.6 Å². The molecule has 0 aliphatic rings. The van der Waals surface area contributed by atoms with Gasteiger partial charge in [-0.25, -0.2) is 4.98 Å². The summed E-state index contributed by atoms with van der Waals surface area (Å²) in [4.78, 5) is 5.01. The van der Waals surface area contributed by atoms with Crippen molar-refractivity contribution in [3.8, 4) is 0 Å². The quantitative estimate of drug-likeness (QED) is 0.872. The molecule has 1 aromatic heterocycles. The molecular formula is C13H19ClF3N3. The van der Waals surface area contributed by atoms with Crippen molar-refractivity contribution in [2.24, 2.45) is 5.92 Å². The molecule has 0 fully saturated rings. The van der Waals surface area contributed by atoms with E-state index in [1.807, 2.05) is 0 Å². The predicted molar refractivity (Wildman–Crippen MR) is 75.1 cm³/mol. The summed E-state index contributed by atoms with van der Waals surface area (Å²) in [5, 5.41) is 3.45. The number of hydrogen-bond acceptors (Lipinski definition) is 3. The fourth-order valence-corrected chi connectivity index (χ4v) is 2.03. The largest absolute Gasteiger partial charge is 0.405 e. The van der Waals surface area contributed by atoms with E-state index in [2.05, 4.69) is 24.1 Å². The minimum Gasteiger partial charge on any atom is -0.349 e. The lowest BCUT2D eigenvalue weighted by Crippen LogP contribution is -2.31. The molecular weight excluding hydrogens is 291 g/mol. The maximum atomic E-state index is 12.3. The van der Waals surface area contributed by atoms with E-state index in [4.69, 9.17) is 11.6 Å². The predicted octanol–water partition coefficient (Wildman–Crippen LogP) is 3.48. The van der Waals surface area contributed by atoms with Crippen molar-refractivity contribution in [3.05, 3.63) is 22.8 Å². The normalized spacial score (nSPS) is 12.0. The van der Waals surface area contributed by atoms with Crippen LogP contribution in [0.3, 0.4) is 0 Å². The number of alkyl halides is 3. The van der Waals surface area contributed by atoms with Gasteiger partial charge in [0.05, 0.1) is 5.02 Å². The van der Waals surface area contributed by atoms with Gasteiger partial charge >= 0.3 is 6.18 Å². The zero-order chi connectivity index (χ0) is 15.3. The number of anilines is 1. The molecule has 0 unspecified atom stereocenters. The van der Waals surface area contributed by atoms with Gasteiger partial charge in [-0.15, -0.1) is 0 Å². The lowest BCUT2D eigenvalue weighted by molar-refractivity contribution is -0.119. The van der Waals surface area contributed by atoms with Crippen LogP contribution in [-0.4, -0.2) is 31.3 Å². The minimum absolute atomic E-state index is 0.136. The Bertz CT molecular complexity index is 435. The maximum absolute atomic E-state index is 12.3. The molecule has 0 spiro atoms. The second kappa shape index (κ2) is 7.13. The van der Waals surface area contributed by atoms with Crippen LogP contribution < -0.4 is 10.2 Å². The van der Waals surface area contributed by atoms with Crippen LogP contribution >= 0.6 is 11.6 Å². The van der Waals surface area contributed by atoms with E-state index < -0.39 is 12.7 Å². The molecule has 1 rings (SSSR count). The van der Waals surface area contributed by atoms with E-state index in [0.717, 1.165) is 17.0 Å². The van der Waals surface area contributed by atoms with Gasteiger partial charge in [0.2, 0.25) is 0 Å². The number of pyridine rings is 1. The van der Waals surface area contributed by atoms with Crippen LogP contribution in [0.1, 0.15) is 19.4 Å². The molecule has 0 atom stereocenters. The Morgan fingerprint density at radius 3 is 2.55 bits per heavy atom. The molecule has 0 bridgehead atoms. The summed E-state index contributed by atoms with van der Waals surface area (Å²) >= 11 is 6.00. The molecule has 1 N–H and O–H groups in total. The number of nitrogens with zero attached hydrogens (tertiary/aromatic N) is 2. The molecule has 20 heavy (non-hydrogen) atoms. The average molecular weight is 310 g/mol. The van der Waals surface area contributed by atoms with E-state index in [9.17, 15) is 13.2 Å². The van der Waals surface area contributed by atoms with Gasteiger partial charge in [-0.1, -0.05) is 25.4 Å². The van der Waals surface area contributed by atoms with E-state index in [1.54, 1.807) is 12.3 Å². The molecule has 1 aromatic rings. The maximum Gasteiger partial charge on any atom is 0.405 e. The molecule has 0 saturated heterocycles. The molecule has 114 valence electrons. The summed E-state index contributed by atoms with van der Waals surface area (Å²) in [6.07, 6.45) is -2.74. The molecule has 0 aliphatic heterocycles. The Hall–Kier alpha value is -1.01. The van der Waals surface area contributed by atoms with Gasteiger partial charge in [0.15, 0.2) is 0 Å². The molecule has 0 amide bonds. The second-order valence-electron chi connectivity index (χ2n) is 5.14. The Balaban J connectivity index is 2.68. The van der Waals surface area contributed by atoms with Crippen LogP contribution in [0.4, 0.5) is 19.0 Å². The third-order valence-electron chi connectivity index (χ3n) is 2.54. The highest BCUT2D eigenvalue weighted by molar-refractivity contribution is 6.33. The van der Waals surface area contributed by atoms with E-state index in [-0.39, 0.29) is 10.8 Å². The van der Waals surface area contributed by atoms with Crippen molar-refractivity contribution in [2.75, 3.05) is 25.0 Å². The van der Waals surface area contributed by atoms with Gasteiger partial charge < -0.3 is 10.2 Å². The molecule has 0 radical (unpaired) electrons. The van der Waals surface area contributed by atoms with Gasteiger partial charge in [0, 0.05) is 19.8 Å². The summed E-state index contributed by atoms with van der Waals surface area (Å²) in [6.45, 7) is 4.55. The van der Waals surface area contributed by atoms with Gasteiger partial charge in [-0.05, 0) is 24.1 Å². The molecule has 0 aromatic carbocycles. The topological polar surface area (TPSA) is 28.2 Å². The van der Waals surface area contributed by atoms with E-state index in [1.165, 1.54) is 7.05 Å². The van der Waals surface area contributed by atoms with Crippen LogP contribution in [0.5, 0.6) is 0 Å². The zero-order valence-corrected chi connectivity index (χ0v) is 12.5. The lowest BCUT2D eigenvalue weighted by atomic mass is 10.2. The third kappa shape index (κ3) is 5.96. The first-order valence-corrected chi connectivity index (χ1v) is 6.70. The van der Waals surface area contributed by atoms with Crippen molar-refractivity contribution >= 4 is 17.4 Å². The molecule has 3 nitrogen and oxygen atoms in total. The van der Waals surface area contributed by atoms with Crippen molar-refractivity contribution < 1.29 is 13.2 Å². The number of hydrogen-bond donors (Lipinski definition) is 1. The smallest absolute Gasteiger partial charge is 0.349 e. The third-order valence-corrected chi connectivity index (χ3v) is 2.82. The Morgan fingerprint density at radius 1 is 1.40 bits per heavy atom. The van der Waals surface area contributed by atoms with Crippen LogP contribution in [0.2, 0.25) is 5.02 Å². The molecule has 7 heteroatoms. The molecule has 1 heterocycles. The molecule has 0 saturated carbocycles. The highest BCUT2D eigenvalue weighted by Gasteiger charge is 2.30. The summed E-state index contributed by atoms with van der Waals surface area (Å²) in [6, 6.07) is 1.64. The first-order chi connectivity index (χ1) is 9.19. The van der Waals surface area contributed by atoms with Gasteiger partial charge in [0.1, 0.15) is 12.4 Å². The highest BCUT2D eigenvalue weighted by Crippen LogP contribution is 2.26. The van der Waals surface area contributed by atoms with E-state index >= 15 is 0 Å². The summed E-state index contributed by atoms with van der Waals surface area (Å²) < 4.78 is 37.0. The standard InChI is InChI=1S/C13H19ClF3N3/c1-9(2)5-18-6-10-4-11(14)12(19-7-10)20(3)8-13(15,16)17/h4,7,9,18H,5-6,8H2,1-3H3. The summed E-state index contributed by atoms with van der Waals surface area (Å²) in [5.41, 5.74) is 0.847. The Kier molecular flexibility index (Phi) is 6.07. The van der Waals surface area contributed by atoms with Crippen molar-refractivity contribution in [1.29, 1.82) is 0 Å². The first kappa shape index (κ1) is 17.0. The second-order valence-corrected chi connectivity index (χ2v) is 5.55. The van der Waals surface area contributed by atoms with Crippen LogP contribution in [-0.2, 0) is 6.54 Å².